The van der Waals surface area contributed by atoms with E-state index < -0.39 is 6.10 Å². The third-order valence-electron chi connectivity index (χ3n) is 6.41. The standard InChI is InChI=1S/C24H34N6O2/c1-4-19(16(3)31)27-24-28-22(25-13-17-12-15(2)10-11-20(17)32)21-23(29-24)30(14-26-21)18-8-6-5-7-9-18/h10-12,14,16,18-19,31-32H,4-9,13H2,1-3H3,(H2,25,27,28,29). The molecule has 2 heterocycles. The summed E-state index contributed by atoms with van der Waals surface area (Å²) in [6.45, 7) is 6.21. The zero-order chi connectivity index (χ0) is 22.7. The van der Waals surface area contributed by atoms with Crippen molar-refractivity contribution < 1.29 is 10.2 Å². The summed E-state index contributed by atoms with van der Waals surface area (Å²) in [6.07, 6.45) is 8.08. The van der Waals surface area contributed by atoms with Crippen LogP contribution in [0.1, 0.15) is 69.5 Å². The van der Waals surface area contributed by atoms with Gasteiger partial charge in [0.15, 0.2) is 17.0 Å². The number of aliphatic hydroxyl groups is 1. The molecule has 0 saturated heterocycles. The molecule has 0 bridgehead atoms. The maximum absolute atomic E-state index is 10.2. The molecule has 2 unspecified atom stereocenters. The fraction of sp³-hybridized carbons (Fsp3) is 0.542. The third kappa shape index (κ3) is 4.80. The number of anilines is 2. The topological polar surface area (TPSA) is 108 Å². The molecule has 8 heteroatoms. The van der Waals surface area contributed by atoms with E-state index in [1.54, 1.807) is 13.0 Å². The van der Waals surface area contributed by atoms with E-state index >= 15 is 0 Å². The Hall–Kier alpha value is -2.87. The molecule has 8 nitrogen and oxygen atoms in total. The highest BCUT2D eigenvalue weighted by Gasteiger charge is 2.22. The van der Waals surface area contributed by atoms with Crippen LogP contribution in [0, 0.1) is 6.92 Å². The van der Waals surface area contributed by atoms with E-state index in [-0.39, 0.29) is 11.8 Å². The summed E-state index contributed by atoms with van der Waals surface area (Å²) in [5.74, 6) is 1.34. The van der Waals surface area contributed by atoms with Crippen LogP contribution in [0.25, 0.3) is 11.2 Å². The number of benzene rings is 1. The van der Waals surface area contributed by atoms with Crippen molar-refractivity contribution in [1.82, 2.24) is 19.5 Å². The number of hydrogen-bond acceptors (Lipinski definition) is 7. The quantitative estimate of drug-likeness (QED) is 0.409. The Labute approximate surface area is 189 Å². The lowest BCUT2D eigenvalue weighted by Gasteiger charge is -2.24. The minimum absolute atomic E-state index is 0.146. The molecule has 1 aliphatic carbocycles. The van der Waals surface area contributed by atoms with Gasteiger partial charge in [0, 0.05) is 18.2 Å². The molecule has 0 aliphatic heterocycles. The number of aromatic hydroxyl groups is 1. The van der Waals surface area contributed by atoms with Crippen molar-refractivity contribution in [3.63, 3.8) is 0 Å². The Morgan fingerprint density at radius 3 is 2.69 bits per heavy atom. The molecule has 0 radical (unpaired) electrons. The van der Waals surface area contributed by atoms with Crippen molar-refractivity contribution in [1.29, 1.82) is 0 Å². The van der Waals surface area contributed by atoms with Gasteiger partial charge in [-0.05, 0) is 39.2 Å². The van der Waals surface area contributed by atoms with Crippen LogP contribution in [0.3, 0.4) is 0 Å². The van der Waals surface area contributed by atoms with Crippen LogP contribution in [0.15, 0.2) is 24.5 Å². The van der Waals surface area contributed by atoms with Crippen LogP contribution in [0.5, 0.6) is 5.75 Å². The number of imidazole rings is 1. The predicted molar refractivity (Wildman–Crippen MR) is 127 cm³/mol. The first-order valence-electron chi connectivity index (χ1n) is 11.7. The normalized spacial score (nSPS) is 16.8. The molecule has 1 aliphatic rings. The summed E-state index contributed by atoms with van der Waals surface area (Å²) in [5, 5.41) is 27.0. The van der Waals surface area contributed by atoms with Gasteiger partial charge >= 0.3 is 0 Å². The van der Waals surface area contributed by atoms with E-state index in [1.807, 2.05) is 32.3 Å². The Kier molecular flexibility index (Phi) is 6.79. The number of rotatable bonds is 8. The molecule has 172 valence electrons. The van der Waals surface area contributed by atoms with Crippen molar-refractivity contribution in [2.45, 2.75) is 84.0 Å². The molecule has 1 aromatic carbocycles. The Bertz CT molecular complexity index is 1060. The first-order chi connectivity index (χ1) is 15.5. The second kappa shape index (κ2) is 9.73. The number of phenolic OH excluding ortho intramolecular Hbond substituents is 1. The minimum Gasteiger partial charge on any atom is -0.508 e. The number of aromatic nitrogens is 4. The van der Waals surface area contributed by atoms with E-state index in [0.717, 1.165) is 41.6 Å². The average molecular weight is 439 g/mol. The van der Waals surface area contributed by atoms with Crippen molar-refractivity contribution >= 4 is 22.9 Å². The maximum atomic E-state index is 10.2. The lowest BCUT2D eigenvalue weighted by atomic mass is 9.95. The highest BCUT2D eigenvalue weighted by Crippen LogP contribution is 2.32. The molecular weight excluding hydrogens is 404 g/mol. The van der Waals surface area contributed by atoms with Crippen molar-refractivity contribution in [2.75, 3.05) is 10.6 Å². The number of hydrogen-bond donors (Lipinski definition) is 4. The molecule has 1 saturated carbocycles. The molecule has 0 spiro atoms. The minimum atomic E-state index is -0.525. The Morgan fingerprint density at radius 2 is 1.97 bits per heavy atom. The maximum Gasteiger partial charge on any atom is 0.227 e. The summed E-state index contributed by atoms with van der Waals surface area (Å²) in [5.41, 5.74) is 3.40. The number of nitrogens with one attached hydrogen (secondary N) is 2. The summed E-state index contributed by atoms with van der Waals surface area (Å²) in [7, 11) is 0. The third-order valence-corrected chi connectivity index (χ3v) is 6.41. The van der Waals surface area contributed by atoms with E-state index in [2.05, 4.69) is 20.2 Å². The van der Waals surface area contributed by atoms with Crippen LogP contribution in [0.2, 0.25) is 0 Å². The molecule has 2 atom stereocenters. The van der Waals surface area contributed by atoms with Crippen LogP contribution < -0.4 is 10.6 Å². The monoisotopic (exact) mass is 438 g/mol. The van der Waals surface area contributed by atoms with Gasteiger partial charge in [0.25, 0.3) is 0 Å². The van der Waals surface area contributed by atoms with Crippen LogP contribution >= 0.6 is 0 Å². The Morgan fingerprint density at radius 1 is 1.19 bits per heavy atom. The molecule has 2 aromatic heterocycles. The predicted octanol–water partition coefficient (Wildman–Crippen LogP) is 4.53. The molecule has 1 fully saturated rings. The van der Waals surface area contributed by atoms with E-state index in [9.17, 15) is 10.2 Å². The number of aryl methyl sites for hydroxylation is 1. The molecule has 4 rings (SSSR count). The fourth-order valence-corrected chi connectivity index (χ4v) is 4.50. The first kappa shape index (κ1) is 22.3. The van der Waals surface area contributed by atoms with Crippen molar-refractivity contribution in [2.24, 2.45) is 0 Å². The highest BCUT2D eigenvalue weighted by molar-refractivity contribution is 5.84. The number of aliphatic hydroxyl groups excluding tert-OH is 1. The van der Waals surface area contributed by atoms with Gasteiger partial charge in [-0.25, -0.2) is 4.98 Å². The zero-order valence-electron chi connectivity index (χ0n) is 19.2. The molecule has 4 N–H and O–H groups in total. The van der Waals surface area contributed by atoms with Crippen LogP contribution in [-0.2, 0) is 6.54 Å². The van der Waals surface area contributed by atoms with E-state index in [4.69, 9.17) is 9.97 Å². The van der Waals surface area contributed by atoms with Gasteiger partial charge in [0.2, 0.25) is 5.95 Å². The average Bonchev–Trinajstić information content (AvgIpc) is 3.22. The number of fused-ring (bicyclic) bond motifs is 1. The highest BCUT2D eigenvalue weighted by atomic mass is 16.3. The van der Waals surface area contributed by atoms with Gasteiger partial charge in [0.05, 0.1) is 18.5 Å². The zero-order valence-corrected chi connectivity index (χ0v) is 19.2. The van der Waals surface area contributed by atoms with E-state index in [1.165, 1.54) is 19.3 Å². The number of phenols is 1. The molecular formula is C24H34N6O2. The SMILES string of the molecule is CCC(Nc1nc(NCc2cc(C)ccc2O)c2ncn(C3CCCCC3)c2n1)C(C)O. The second-order valence-corrected chi connectivity index (χ2v) is 8.90. The Balaban J connectivity index is 1.70. The molecule has 32 heavy (non-hydrogen) atoms. The lowest BCUT2D eigenvalue weighted by Crippen LogP contribution is -2.31. The van der Waals surface area contributed by atoms with Gasteiger partial charge in [-0.2, -0.15) is 9.97 Å². The first-order valence-corrected chi connectivity index (χ1v) is 11.7. The second-order valence-electron chi connectivity index (χ2n) is 8.90. The van der Waals surface area contributed by atoms with Gasteiger partial charge in [0.1, 0.15) is 5.75 Å². The molecule has 3 aromatic rings. The largest absolute Gasteiger partial charge is 0.508 e. The fourth-order valence-electron chi connectivity index (χ4n) is 4.50. The van der Waals surface area contributed by atoms with Crippen LogP contribution in [-0.4, -0.2) is 41.9 Å². The smallest absolute Gasteiger partial charge is 0.227 e. The summed E-state index contributed by atoms with van der Waals surface area (Å²) < 4.78 is 2.18. The summed E-state index contributed by atoms with van der Waals surface area (Å²) in [6, 6.07) is 5.80. The van der Waals surface area contributed by atoms with Crippen molar-refractivity contribution in [3.8, 4) is 5.75 Å². The lowest BCUT2D eigenvalue weighted by molar-refractivity contribution is 0.169. The van der Waals surface area contributed by atoms with E-state index in [0.29, 0.717) is 24.4 Å². The van der Waals surface area contributed by atoms with Crippen molar-refractivity contribution in [3.05, 3.63) is 35.7 Å². The van der Waals surface area contributed by atoms with Gasteiger partial charge in [-0.15, -0.1) is 0 Å². The van der Waals surface area contributed by atoms with Crippen LogP contribution in [0.4, 0.5) is 11.8 Å². The van der Waals surface area contributed by atoms with Gasteiger partial charge in [-0.3, -0.25) is 0 Å². The summed E-state index contributed by atoms with van der Waals surface area (Å²) in [4.78, 5) is 14.2. The summed E-state index contributed by atoms with van der Waals surface area (Å²) >= 11 is 0. The van der Waals surface area contributed by atoms with Gasteiger partial charge in [-0.1, -0.05) is 43.9 Å². The van der Waals surface area contributed by atoms with Gasteiger partial charge < -0.3 is 25.4 Å². The molecule has 0 amide bonds. The number of nitrogens with zero attached hydrogens (tertiary/aromatic N) is 4.